The van der Waals surface area contributed by atoms with E-state index in [4.69, 9.17) is 0 Å². The first kappa shape index (κ1) is 12.4. The number of nitrogens with zero attached hydrogens (tertiary/aromatic N) is 1. The van der Waals surface area contributed by atoms with Gasteiger partial charge in [-0.15, -0.1) is 11.3 Å². The third-order valence-electron chi connectivity index (χ3n) is 2.36. The SMILES string of the molecule is CCN(Cc1cccs1)CC(C)(C)C=O. The van der Waals surface area contributed by atoms with Crippen LogP contribution in [0.3, 0.4) is 0 Å². The fourth-order valence-electron chi connectivity index (χ4n) is 1.52. The monoisotopic (exact) mass is 225 g/mol. The van der Waals surface area contributed by atoms with E-state index in [1.807, 2.05) is 13.8 Å². The molecule has 0 fully saturated rings. The Bertz CT molecular complexity index is 293. The van der Waals surface area contributed by atoms with Gasteiger partial charge in [-0.25, -0.2) is 0 Å². The van der Waals surface area contributed by atoms with E-state index in [0.29, 0.717) is 0 Å². The first-order valence-electron chi connectivity index (χ1n) is 5.28. The van der Waals surface area contributed by atoms with Crippen molar-refractivity contribution in [1.29, 1.82) is 0 Å². The molecule has 0 saturated carbocycles. The number of hydrogen-bond acceptors (Lipinski definition) is 3. The van der Waals surface area contributed by atoms with Crippen molar-refractivity contribution in [1.82, 2.24) is 4.90 Å². The second kappa shape index (κ2) is 5.42. The van der Waals surface area contributed by atoms with E-state index < -0.39 is 0 Å². The van der Waals surface area contributed by atoms with Crippen molar-refractivity contribution in [2.45, 2.75) is 27.3 Å². The van der Waals surface area contributed by atoms with Crippen molar-refractivity contribution in [3.05, 3.63) is 22.4 Å². The van der Waals surface area contributed by atoms with Crippen LogP contribution in [-0.2, 0) is 11.3 Å². The lowest BCUT2D eigenvalue weighted by molar-refractivity contribution is -0.115. The second-order valence-electron chi connectivity index (χ2n) is 4.49. The Morgan fingerprint density at radius 3 is 2.73 bits per heavy atom. The molecule has 1 aromatic rings. The molecule has 15 heavy (non-hydrogen) atoms. The van der Waals surface area contributed by atoms with Gasteiger partial charge in [0.05, 0.1) is 0 Å². The van der Waals surface area contributed by atoms with Crippen molar-refractivity contribution in [3.8, 4) is 0 Å². The van der Waals surface area contributed by atoms with E-state index in [1.54, 1.807) is 11.3 Å². The van der Waals surface area contributed by atoms with Crippen LogP contribution in [0.15, 0.2) is 17.5 Å². The van der Waals surface area contributed by atoms with Gasteiger partial charge in [0.1, 0.15) is 6.29 Å². The van der Waals surface area contributed by atoms with Crippen LogP contribution in [0.5, 0.6) is 0 Å². The summed E-state index contributed by atoms with van der Waals surface area (Å²) < 4.78 is 0. The van der Waals surface area contributed by atoms with E-state index >= 15 is 0 Å². The number of thiophene rings is 1. The summed E-state index contributed by atoms with van der Waals surface area (Å²) in [5.41, 5.74) is -0.243. The van der Waals surface area contributed by atoms with Crippen LogP contribution in [0.2, 0.25) is 0 Å². The Morgan fingerprint density at radius 2 is 2.27 bits per heavy atom. The number of aldehydes is 1. The van der Waals surface area contributed by atoms with E-state index in [2.05, 4.69) is 29.3 Å². The average Bonchev–Trinajstić information content (AvgIpc) is 2.69. The van der Waals surface area contributed by atoms with Crippen LogP contribution < -0.4 is 0 Å². The van der Waals surface area contributed by atoms with Gasteiger partial charge in [-0.3, -0.25) is 4.90 Å². The zero-order valence-corrected chi connectivity index (χ0v) is 10.5. The molecule has 0 atom stereocenters. The predicted octanol–water partition coefficient (Wildman–Crippen LogP) is 2.80. The lowest BCUT2D eigenvalue weighted by atomic mass is 9.95. The van der Waals surface area contributed by atoms with Crippen LogP contribution in [0.1, 0.15) is 25.6 Å². The molecule has 0 radical (unpaired) electrons. The first-order valence-corrected chi connectivity index (χ1v) is 6.16. The molecule has 0 N–H and O–H groups in total. The zero-order valence-electron chi connectivity index (χ0n) is 9.69. The number of carbonyl (C=O) groups excluding carboxylic acids is 1. The minimum absolute atomic E-state index is 0.243. The molecule has 84 valence electrons. The Kier molecular flexibility index (Phi) is 4.48. The van der Waals surface area contributed by atoms with Crippen LogP contribution in [0.4, 0.5) is 0 Å². The van der Waals surface area contributed by atoms with Crippen molar-refractivity contribution < 1.29 is 4.79 Å². The fourth-order valence-corrected chi connectivity index (χ4v) is 2.26. The van der Waals surface area contributed by atoms with Crippen molar-refractivity contribution in [2.24, 2.45) is 5.41 Å². The van der Waals surface area contributed by atoms with Gasteiger partial charge in [0.25, 0.3) is 0 Å². The Labute approximate surface area is 95.9 Å². The van der Waals surface area contributed by atoms with Gasteiger partial charge in [-0.1, -0.05) is 26.8 Å². The predicted molar refractivity (Wildman–Crippen MR) is 65.1 cm³/mol. The summed E-state index contributed by atoms with van der Waals surface area (Å²) in [4.78, 5) is 14.5. The Balaban J connectivity index is 2.53. The molecule has 0 saturated heterocycles. The van der Waals surface area contributed by atoms with Crippen molar-refractivity contribution in [3.63, 3.8) is 0 Å². The molecule has 1 aromatic heterocycles. The molecular weight excluding hydrogens is 206 g/mol. The molecule has 1 rings (SSSR count). The lowest BCUT2D eigenvalue weighted by Gasteiger charge is -2.27. The third kappa shape index (κ3) is 4.14. The van der Waals surface area contributed by atoms with Gasteiger partial charge in [-0.05, 0) is 18.0 Å². The highest BCUT2D eigenvalue weighted by atomic mass is 32.1. The molecule has 0 aliphatic carbocycles. The smallest absolute Gasteiger partial charge is 0.126 e. The molecule has 0 bridgehead atoms. The van der Waals surface area contributed by atoms with E-state index in [1.165, 1.54) is 4.88 Å². The highest BCUT2D eigenvalue weighted by molar-refractivity contribution is 7.09. The molecular formula is C12H19NOS. The van der Waals surface area contributed by atoms with Crippen molar-refractivity contribution in [2.75, 3.05) is 13.1 Å². The maximum Gasteiger partial charge on any atom is 0.126 e. The minimum atomic E-state index is -0.243. The quantitative estimate of drug-likeness (QED) is 0.694. The summed E-state index contributed by atoms with van der Waals surface area (Å²) in [5, 5.41) is 2.09. The fraction of sp³-hybridized carbons (Fsp3) is 0.583. The molecule has 2 nitrogen and oxygen atoms in total. The summed E-state index contributed by atoms with van der Waals surface area (Å²) in [6.45, 7) is 8.86. The number of hydrogen-bond donors (Lipinski definition) is 0. The standard InChI is InChI=1S/C12H19NOS/c1-4-13(9-12(2,3)10-14)8-11-6-5-7-15-11/h5-7,10H,4,8-9H2,1-3H3. The largest absolute Gasteiger partial charge is 0.303 e. The summed E-state index contributed by atoms with van der Waals surface area (Å²) >= 11 is 1.77. The summed E-state index contributed by atoms with van der Waals surface area (Å²) in [6.07, 6.45) is 1.05. The molecule has 0 aliphatic rings. The Hall–Kier alpha value is -0.670. The maximum absolute atomic E-state index is 10.9. The van der Waals surface area contributed by atoms with E-state index in [0.717, 1.165) is 25.9 Å². The minimum Gasteiger partial charge on any atom is -0.303 e. The highest BCUT2D eigenvalue weighted by Gasteiger charge is 2.20. The highest BCUT2D eigenvalue weighted by Crippen LogP contribution is 2.17. The lowest BCUT2D eigenvalue weighted by Crippen LogP contribution is -2.34. The van der Waals surface area contributed by atoms with Gasteiger partial charge < -0.3 is 4.79 Å². The average molecular weight is 225 g/mol. The van der Waals surface area contributed by atoms with Gasteiger partial charge in [0.15, 0.2) is 0 Å². The van der Waals surface area contributed by atoms with Gasteiger partial charge in [-0.2, -0.15) is 0 Å². The molecule has 0 unspecified atom stereocenters. The maximum atomic E-state index is 10.9. The van der Waals surface area contributed by atoms with Crippen molar-refractivity contribution >= 4 is 17.6 Å². The summed E-state index contributed by atoms with van der Waals surface area (Å²) in [6, 6.07) is 4.21. The number of rotatable bonds is 6. The number of carbonyl (C=O) groups is 1. The van der Waals surface area contributed by atoms with E-state index in [9.17, 15) is 4.79 Å². The van der Waals surface area contributed by atoms with Crippen LogP contribution in [0.25, 0.3) is 0 Å². The van der Waals surface area contributed by atoms with E-state index in [-0.39, 0.29) is 5.41 Å². The van der Waals surface area contributed by atoms with Crippen LogP contribution >= 0.6 is 11.3 Å². The molecule has 3 heteroatoms. The van der Waals surface area contributed by atoms with Gasteiger partial charge in [0.2, 0.25) is 0 Å². The van der Waals surface area contributed by atoms with Crippen LogP contribution in [-0.4, -0.2) is 24.3 Å². The normalized spacial score (nSPS) is 12.0. The molecule has 1 heterocycles. The summed E-state index contributed by atoms with van der Waals surface area (Å²) in [5.74, 6) is 0. The molecule has 0 aromatic carbocycles. The summed E-state index contributed by atoms with van der Waals surface area (Å²) in [7, 11) is 0. The topological polar surface area (TPSA) is 20.3 Å². The van der Waals surface area contributed by atoms with Gasteiger partial charge >= 0.3 is 0 Å². The van der Waals surface area contributed by atoms with Crippen LogP contribution in [0, 0.1) is 5.41 Å². The molecule has 0 aliphatic heterocycles. The second-order valence-corrected chi connectivity index (χ2v) is 5.52. The third-order valence-corrected chi connectivity index (χ3v) is 3.22. The Morgan fingerprint density at radius 1 is 1.53 bits per heavy atom. The molecule has 0 amide bonds. The van der Waals surface area contributed by atoms with Gasteiger partial charge in [0, 0.05) is 23.4 Å². The zero-order chi connectivity index (χ0) is 11.3. The molecule has 0 spiro atoms. The first-order chi connectivity index (χ1) is 7.07.